The minimum atomic E-state index is -3.28. The SMILES string of the molecule is CC(C)(CCS(=O)(=O)c1ccccc1)C1CC(=O)N1C(C)(C)C. The van der Waals surface area contributed by atoms with Gasteiger partial charge >= 0.3 is 0 Å². The quantitative estimate of drug-likeness (QED) is 0.775. The molecule has 4 nitrogen and oxygen atoms in total. The maximum absolute atomic E-state index is 12.5. The van der Waals surface area contributed by atoms with Crippen LogP contribution in [0.4, 0.5) is 0 Å². The molecule has 2 rings (SSSR count). The first-order chi connectivity index (χ1) is 10.5. The van der Waals surface area contributed by atoms with Crippen molar-refractivity contribution >= 4 is 15.7 Å². The molecule has 0 N–H and O–H groups in total. The fraction of sp³-hybridized carbons (Fsp3) is 0.611. The maximum Gasteiger partial charge on any atom is 0.225 e. The van der Waals surface area contributed by atoms with Crippen LogP contribution in [0.1, 0.15) is 47.5 Å². The monoisotopic (exact) mass is 337 g/mol. The van der Waals surface area contributed by atoms with Crippen LogP contribution in [0.25, 0.3) is 0 Å². The molecule has 1 fully saturated rings. The number of amides is 1. The van der Waals surface area contributed by atoms with Gasteiger partial charge in [-0.15, -0.1) is 0 Å². The molecule has 128 valence electrons. The smallest absolute Gasteiger partial charge is 0.225 e. The van der Waals surface area contributed by atoms with Gasteiger partial charge in [-0.2, -0.15) is 0 Å². The van der Waals surface area contributed by atoms with Crippen molar-refractivity contribution < 1.29 is 13.2 Å². The third kappa shape index (κ3) is 3.77. The van der Waals surface area contributed by atoms with Gasteiger partial charge in [0.2, 0.25) is 5.91 Å². The Kier molecular flexibility index (Phi) is 4.64. The Bertz CT molecular complexity index is 672. The van der Waals surface area contributed by atoms with E-state index in [1.807, 2.05) is 31.7 Å². The minimum Gasteiger partial charge on any atom is -0.334 e. The number of nitrogens with zero attached hydrogens (tertiary/aromatic N) is 1. The average molecular weight is 337 g/mol. The molecule has 1 aromatic carbocycles. The van der Waals surface area contributed by atoms with Crippen LogP contribution < -0.4 is 0 Å². The van der Waals surface area contributed by atoms with E-state index in [9.17, 15) is 13.2 Å². The van der Waals surface area contributed by atoms with Gasteiger partial charge in [0.25, 0.3) is 0 Å². The predicted octanol–water partition coefficient (Wildman–Crippen LogP) is 3.28. The average Bonchev–Trinajstić information content (AvgIpc) is 2.42. The highest BCUT2D eigenvalue weighted by atomic mass is 32.2. The first kappa shape index (κ1) is 18.0. The maximum atomic E-state index is 12.5. The number of hydrogen-bond acceptors (Lipinski definition) is 3. The van der Waals surface area contributed by atoms with Crippen molar-refractivity contribution in [2.45, 2.75) is 63.9 Å². The van der Waals surface area contributed by atoms with Gasteiger partial charge in [-0.1, -0.05) is 32.0 Å². The van der Waals surface area contributed by atoms with E-state index in [2.05, 4.69) is 13.8 Å². The van der Waals surface area contributed by atoms with Gasteiger partial charge in [0, 0.05) is 18.0 Å². The van der Waals surface area contributed by atoms with Crippen molar-refractivity contribution in [2.75, 3.05) is 5.75 Å². The zero-order valence-corrected chi connectivity index (χ0v) is 15.5. The van der Waals surface area contributed by atoms with Crippen LogP contribution in [0.5, 0.6) is 0 Å². The molecule has 0 spiro atoms. The van der Waals surface area contributed by atoms with Gasteiger partial charge in [0.15, 0.2) is 9.84 Å². The highest BCUT2D eigenvalue weighted by molar-refractivity contribution is 7.91. The van der Waals surface area contributed by atoms with Crippen LogP contribution in [0, 0.1) is 5.41 Å². The molecule has 1 heterocycles. The molecule has 0 aliphatic carbocycles. The number of carbonyl (C=O) groups is 1. The lowest BCUT2D eigenvalue weighted by atomic mass is 9.73. The van der Waals surface area contributed by atoms with E-state index in [0.717, 1.165) is 0 Å². The van der Waals surface area contributed by atoms with Crippen molar-refractivity contribution in [2.24, 2.45) is 5.41 Å². The minimum absolute atomic E-state index is 0.0981. The molecule has 23 heavy (non-hydrogen) atoms. The molecule has 1 aliphatic heterocycles. The normalized spacial score (nSPS) is 19.6. The van der Waals surface area contributed by atoms with E-state index in [-0.39, 0.29) is 28.7 Å². The summed E-state index contributed by atoms with van der Waals surface area (Å²) in [5, 5.41) is 0. The van der Waals surface area contributed by atoms with Gasteiger partial charge in [0.05, 0.1) is 10.6 Å². The fourth-order valence-electron chi connectivity index (χ4n) is 3.19. The highest BCUT2D eigenvalue weighted by Gasteiger charge is 2.49. The van der Waals surface area contributed by atoms with Crippen LogP contribution >= 0.6 is 0 Å². The van der Waals surface area contributed by atoms with Gasteiger partial charge in [0.1, 0.15) is 0 Å². The lowest BCUT2D eigenvalue weighted by Crippen LogP contribution is -2.65. The van der Waals surface area contributed by atoms with Crippen molar-refractivity contribution in [1.29, 1.82) is 0 Å². The Labute approximate surface area is 139 Å². The zero-order valence-electron chi connectivity index (χ0n) is 14.7. The Hall–Kier alpha value is -1.36. The van der Waals surface area contributed by atoms with Crippen molar-refractivity contribution in [3.05, 3.63) is 30.3 Å². The molecule has 0 aromatic heterocycles. The van der Waals surface area contributed by atoms with Crippen LogP contribution in [0.15, 0.2) is 35.2 Å². The largest absolute Gasteiger partial charge is 0.334 e. The van der Waals surface area contributed by atoms with E-state index in [1.54, 1.807) is 24.3 Å². The zero-order chi connectivity index (χ0) is 17.5. The Morgan fingerprint density at radius 1 is 1.09 bits per heavy atom. The summed E-state index contributed by atoms with van der Waals surface area (Å²) in [5.74, 6) is 0.258. The Balaban J connectivity index is 2.09. The summed E-state index contributed by atoms with van der Waals surface area (Å²) in [4.78, 5) is 14.2. The van der Waals surface area contributed by atoms with Gasteiger partial charge in [-0.3, -0.25) is 4.79 Å². The van der Waals surface area contributed by atoms with E-state index in [4.69, 9.17) is 0 Å². The van der Waals surface area contributed by atoms with Gasteiger partial charge in [-0.25, -0.2) is 8.42 Å². The number of hydrogen-bond donors (Lipinski definition) is 0. The summed E-state index contributed by atoms with van der Waals surface area (Å²) >= 11 is 0. The molecule has 1 amide bonds. The first-order valence-corrected chi connectivity index (χ1v) is 9.70. The molecule has 1 aliphatic rings. The summed E-state index contributed by atoms with van der Waals surface area (Å²) in [6, 6.07) is 8.66. The van der Waals surface area contributed by atoms with Crippen LogP contribution in [-0.2, 0) is 14.6 Å². The molecule has 1 atom stereocenters. The molecule has 5 heteroatoms. The molecular weight excluding hydrogens is 310 g/mol. The topological polar surface area (TPSA) is 54.5 Å². The summed E-state index contributed by atoms with van der Waals surface area (Å²) in [7, 11) is -3.28. The second-order valence-electron chi connectivity index (χ2n) is 8.02. The predicted molar refractivity (Wildman–Crippen MR) is 91.9 cm³/mol. The number of rotatable bonds is 5. The number of carbonyl (C=O) groups excluding carboxylic acids is 1. The number of benzene rings is 1. The summed E-state index contributed by atoms with van der Waals surface area (Å²) in [6.45, 7) is 10.2. The lowest BCUT2D eigenvalue weighted by Gasteiger charge is -2.55. The summed E-state index contributed by atoms with van der Waals surface area (Å²) < 4.78 is 24.9. The molecule has 0 saturated carbocycles. The molecule has 1 unspecified atom stereocenters. The summed E-state index contributed by atoms with van der Waals surface area (Å²) in [6.07, 6.45) is 1.05. The van der Waals surface area contributed by atoms with E-state index in [1.165, 1.54) is 0 Å². The number of sulfone groups is 1. The van der Waals surface area contributed by atoms with Crippen LogP contribution in [0.2, 0.25) is 0 Å². The standard InChI is InChI=1S/C18H27NO3S/c1-17(2,3)19-15(13-16(19)20)18(4,5)11-12-23(21,22)14-9-7-6-8-10-14/h6-10,15H,11-13H2,1-5H3. The lowest BCUT2D eigenvalue weighted by molar-refractivity contribution is -0.162. The summed E-state index contributed by atoms with van der Waals surface area (Å²) in [5.41, 5.74) is -0.460. The Morgan fingerprint density at radius 2 is 1.65 bits per heavy atom. The third-order valence-electron chi connectivity index (χ3n) is 4.69. The van der Waals surface area contributed by atoms with E-state index >= 15 is 0 Å². The molecule has 0 bridgehead atoms. The molecular formula is C18H27NO3S. The second-order valence-corrected chi connectivity index (χ2v) is 10.1. The van der Waals surface area contributed by atoms with Crippen LogP contribution in [-0.4, -0.2) is 36.6 Å². The van der Waals surface area contributed by atoms with Crippen molar-refractivity contribution in [1.82, 2.24) is 4.90 Å². The molecule has 1 aromatic rings. The highest BCUT2D eigenvalue weighted by Crippen LogP contribution is 2.42. The number of β-lactam (4-membered cyclic amide) rings is 1. The third-order valence-corrected chi connectivity index (χ3v) is 6.42. The van der Waals surface area contributed by atoms with Crippen LogP contribution in [0.3, 0.4) is 0 Å². The molecule has 0 radical (unpaired) electrons. The Morgan fingerprint density at radius 3 is 2.13 bits per heavy atom. The fourth-order valence-corrected chi connectivity index (χ4v) is 4.80. The second kappa shape index (κ2) is 5.93. The first-order valence-electron chi connectivity index (χ1n) is 8.05. The van der Waals surface area contributed by atoms with Crippen molar-refractivity contribution in [3.8, 4) is 0 Å². The number of likely N-dealkylation sites (tertiary alicyclic amines) is 1. The van der Waals surface area contributed by atoms with Gasteiger partial charge in [-0.05, 0) is 44.7 Å². The van der Waals surface area contributed by atoms with Crippen molar-refractivity contribution in [3.63, 3.8) is 0 Å². The van der Waals surface area contributed by atoms with Gasteiger partial charge < -0.3 is 4.90 Å². The van der Waals surface area contributed by atoms with E-state index < -0.39 is 9.84 Å². The van der Waals surface area contributed by atoms with E-state index in [0.29, 0.717) is 17.7 Å². The molecule has 1 saturated heterocycles.